The SMILES string of the molecule is c1ccc(-c2ccc3c(c2)c2ccccc2n3-c2ccccc2-c2nc(-c3cccc4c3oc3ccccc34)nc(-n3c4ccccc4c4ccccc43)n2)cc1. The van der Waals surface area contributed by atoms with E-state index in [0.29, 0.717) is 17.6 Å². The minimum Gasteiger partial charge on any atom is -0.455 e. The maximum absolute atomic E-state index is 6.56. The fourth-order valence-electron chi connectivity index (χ4n) is 8.67. The number of aromatic nitrogens is 5. The molecule has 4 heterocycles. The zero-order chi connectivity index (χ0) is 37.5. The van der Waals surface area contributed by atoms with Crippen LogP contribution >= 0.6 is 0 Å². The monoisotopic (exact) mass is 729 g/mol. The van der Waals surface area contributed by atoms with E-state index in [4.69, 9.17) is 19.4 Å². The molecule has 8 aromatic carbocycles. The van der Waals surface area contributed by atoms with Gasteiger partial charge in [-0.3, -0.25) is 4.57 Å². The molecule has 0 spiro atoms. The molecule has 0 radical (unpaired) electrons. The number of hydrogen-bond acceptors (Lipinski definition) is 4. The molecule has 266 valence electrons. The van der Waals surface area contributed by atoms with Crippen molar-refractivity contribution in [3.63, 3.8) is 0 Å². The van der Waals surface area contributed by atoms with Gasteiger partial charge in [0.15, 0.2) is 11.6 Å². The van der Waals surface area contributed by atoms with Crippen molar-refractivity contribution in [1.29, 1.82) is 0 Å². The number of rotatable bonds is 5. The van der Waals surface area contributed by atoms with E-state index >= 15 is 0 Å². The van der Waals surface area contributed by atoms with Gasteiger partial charge < -0.3 is 8.98 Å². The molecule has 0 unspecified atom stereocenters. The molecule has 0 aliphatic carbocycles. The molecule has 0 atom stereocenters. The largest absolute Gasteiger partial charge is 0.455 e. The van der Waals surface area contributed by atoms with Crippen molar-refractivity contribution in [1.82, 2.24) is 24.1 Å². The topological polar surface area (TPSA) is 61.7 Å². The Kier molecular flexibility index (Phi) is 6.83. The molecule has 57 heavy (non-hydrogen) atoms. The van der Waals surface area contributed by atoms with Gasteiger partial charge in [-0.25, -0.2) is 4.98 Å². The van der Waals surface area contributed by atoms with Gasteiger partial charge >= 0.3 is 0 Å². The molecule has 0 N–H and O–H groups in total. The van der Waals surface area contributed by atoms with E-state index in [1.54, 1.807) is 0 Å². The van der Waals surface area contributed by atoms with E-state index in [1.807, 2.05) is 24.3 Å². The summed E-state index contributed by atoms with van der Waals surface area (Å²) in [6, 6.07) is 65.6. The zero-order valence-corrected chi connectivity index (χ0v) is 30.5. The lowest BCUT2D eigenvalue weighted by Crippen LogP contribution is -2.08. The fraction of sp³-hybridized carbons (Fsp3) is 0. The molecule has 6 nitrogen and oxygen atoms in total. The summed E-state index contributed by atoms with van der Waals surface area (Å²) in [7, 11) is 0. The summed E-state index contributed by atoms with van der Waals surface area (Å²) < 4.78 is 11.1. The Hall–Kier alpha value is -7.83. The molecule has 0 fully saturated rings. The van der Waals surface area contributed by atoms with Crippen molar-refractivity contribution in [2.45, 2.75) is 0 Å². The molecule has 0 saturated heterocycles. The van der Waals surface area contributed by atoms with Crippen LogP contribution in [0.5, 0.6) is 0 Å². The van der Waals surface area contributed by atoms with Crippen LogP contribution in [0.15, 0.2) is 192 Å². The van der Waals surface area contributed by atoms with Crippen LogP contribution in [0.1, 0.15) is 0 Å². The fourth-order valence-corrected chi connectivity index (χ4v) is 8.67. The van der Waals surface area contributed by atoms with Crippen LogP contribution in [0.3, 0.4) is 0 Å². The average Bonchev–Trinajstić information content (AvgIpc) is 3.94. The van der Waals surface area contributed by atoms with Gasteiger partial charge in [0.2, 0.25) is 5.95 Å². The minimum atomic E-state index is 0.532. The summed E-state index contributed by atoms with van der Waals surface area (Å²) in [5, 5.41) is 6.70. The molecule has 0 bridgehead atoms. The summed E-state index contributed by atoms with van der Waals surface area (Å²) in [4.78, 5) is 16.0. The first-order valence-electron chi connectivity index (χ1n) is 19.1. The molecule has 6 heteroatoms. The van der Waals surface area contributed by atoms with Crippen LogP contribution in [0.2, 0.25) is 0 Å². The maximum atomic E-state index is 6.56. The molecule has 12 aromatic rings. The Morgan fingerprint density at radius 2 is 0.895 bits per heavy atom. The van der Waals surface area contributed by atoms with Crippen LogP contribution in [-0.2, 0) is 0 Å². The van der Waals surface area contributed by atoms with Crippen LogP contribution < -0.4 is 0 Å². The molecule has 0 amide bonds. The highest BCUT2D eigenvalue weighted by molar-refractivity contribution is 6.12. The maximum Gasteiger partial charge on any atom is 0.238 e. The number of fused-ring (bicyclic) bond motifs is 9. The van der Waals surface area contributed by atoms with Gasteiger partial charge in [0.25, 0.3) is 0 Å². The second kappa shape index (κ2) is 12.3. The van der Waals surface area contributed by atoms with Crippen LogP contribution in [-0.4, -0.2) is 24.1 Å². The van der Waals surface area contributed by atoms with E-state index in [-0.39, 0.29) is 0 Å². The van der Waals surface area contributed by atoms with E-state index in [0.717, 1.165) is 71.6 Å². The molecule has 0 saturated carbocycles. The third-order valence-electron chi connectivity index (χ3n) is 11.2. The van der Waals surface area contributed by atoms with E-state index in [9.17, 15) is 0 Å². The predicted molar refractivity (Wildman–Crippen MR) is 232 cm³/mol. The molecule has 0 aliphatic heterocycles. The van der Waals surface area contributed by atoms with Crippen molar-refractivity contribution in [3.05, 3.63) is 188 Å². The quantitative estimate of drug-likeness (QED) is 0.177. The summed E-state index contributed by atoms with van der Waals surface area (Å²) in [6.07, 6.45) is 0. The molecule has 4 aromatic heterocycles. The molecular weight excluding hydrogens is 699 g/mol. The van der Waals surface area contributed by atoms with Gasteiger partial charge in [-0.2, -0.15) is 9.97 Å². The van der Waals surface area contributed by atoms with Crippen molar-refractivity contribution in [3.8, 4) is 45.5 Å². The van der Waals surface area contributed by atoms with Gasteiger partial charge in [0, 0.05) is 37.9 Å². The summed E-state index contributed by atoms with van der Waals surface area (Å²) in [5.74, 6) is 1.63. The molecule has 12 rings (SSSR count). The first-order chi connectivity index (χ1) is 28.3. The van der Waals surface area contributed by atoms with Gasteiger partial charge in [-0.15, -0.1) is 0 Å². The number of hydrogen-bond donors (Lipinski definition) is 0. The summed E-state index contributed by atoms with van der Waals surface area (Å²) in [6.45, 7) is 0. The Morgan fingerprint density at radius 3 is 1.65 bits per heavy atom. The normalized spacial score (nSPS) is 11.9. The zero-order valence-electron chi connectivity index (χ0n) is 30.5. The van der Waals surface area contributed by atoms with Gasteiger partial charge in [0.05, 0.1) is 33.3 Å². The third kappa shape index (κ3) is 4.81. The number of benzene rings is 8. The van der Waals surface area contributed by atoms with E-state index in [1.165, 1.54) is 21.9 Å². The standard InChI is InChI=1S/C51H31N5O/c1-2-15-32(16-3-1)33-29-30-46-41(31-33)36-19-6-9-24-42(36)55(46)45-27-12-7-21-39(45)49-52-50(40-23-14-22-38-37-20-8-13-28-47(37)57-48(38)40)54-51(53-49)56-43-25-10-4-17-34(43)35-18-5-11-26-44(35)56/h1-31H. The van der Waals surface area contributed by atoms with Crippen molar-refractivity contribution >= 4 is 65.6 Å². The highest BCUT2D eigenvalue weighted by atomic mass is 16.3. The number of para-hydroxylation sites is 6. The second-order valence-electron chi connectivity index (χ2n) is 14.4. The average molecular weight is 730 g/mol. The number of furan rings is 1. The van der Waals surface area contributed by atoms with Crippen LogP contribution in [0, 0.1) is 0 Å². The Labute approximate surface area is 326 Å². The third-order valence-corrected chi connectivity index (χ3v) is 11.2. The summed E-state index contributed by atoms with van der Waals surface area (Å²) in [5.41, 5.74) is 10.8. The van der Waals surface area contributed by atoms with Crippen LogP contribution in [0.25, 0.3) is 111 Å². The van der Waals surface area contributed by atoms with E-state index in [2.05, 4.69) is 173 Å². The molecule has 0 aliphatic rings. The van der Waals surface area contributed by atoms with Crippen molar-refractivity contribution < 1.29 is 4.42 Å². The Morgan fingerprint density at radius 1 is 0.351 bits per heavy atom. The van der Waals surface area contributed by atoms with Crippen LogP contribution in [0.4, 0.5) is 0 Å². The highest BCUT2D eigenvalue weighted by Gasteiger charge is 2.23. The van der Waals surface area contributed by atoms with Crippen molar-refractivity contribution in [2.24, 2.45) is 0 Å². The Balaban J connectivity index is 1.15. The minimum absolute atomic E-state index is 0.532. The number of nitrogens with zero attached hydrogens (tertiary/aromatic N) is 5. The molecular formula is C51H31N5O. The second-order valence-corrected chi connectivity index (χ2v) is 14.4. The van der Waals surface area contributed by atoms with E-state index < -0.39 is 0 Å². The summed E-state index contributed by atoms with van der Waals surface area (Å²) >= 11 is 0. The van der Waals surface area contributed by atoms with Crippen molar-refractivity contribution in [2.75, 3.05) is 0 Å². The van der Waals surface area contributed by atoms with Gasteiger partial charge in [0.1, 0.15) is 11.2 Å². The highest BCUT2D eigenvalue weighted by Crippen LogP contribution is 2.40. The first kappa shape index (κ1) is 31.5. The van der Waals surface area contributed by atoms with Gasteiger partial charge in [-0.1, -0.05) is 133 Å². The predicted octanol–water partition coefficient (Wildman–Crippen LogP) is 13.0. The van der Waals surface area contributed by atoms with Gasteiger partial charge in [-0.05, 0) is 65.7 Å². The smallest absolute Gasteiger partial charge is 0.238 e. The lowest BCUT2D eigenvalue weighted by atomic mass is 10.0. The lowest BCUT2D eigenvalue weighted by molar-refractivity contribution is 0.669. The lowest BCUT2D eigenvalue weighted by Gasteiger charge is -2.15. The first-order valence-corrected chi connectivity index (χ1v) is 19.1. The Bertz CT molecular complexity index is 3490.